The van der Waals surface area contributed by atoms with Crippen LogP contribution in [-0.2, 0) is 6.54 Å². The summed E-state index contributed by atoms with van der Waals surface area (Å²) in [4.78, 5) is 13.4. The van der Waals surface area contributed by atoms with Gasteiger partial charge in [0.1, 0.15) is 12.1 Å². The second-order valence-electron chi connectivity index (χ2n) is 6.72. The molecule has 144 valence electrons. The first kappa shape index (κ1) is 18.3. The Kier molecular flexibility index (Phi) is 5.68. The molecule has 1 fully saturated rings. The lowest BCUT2D eigenvalue weighted by Gasteiger charge is -2.35. The predicted molar refractivity (Wildman–Crippen MR) is 109 cm³/mol. The van der Waals surface area contributed by atoms with Crippen LogP contribution >= 0.6 is 0 Å². The van der Waals surface area contributed by atoms with Crippen LogP contribution in [0.3, 0.4) is 0 Å². The molecule has 6 heteroatoms. The Morgan fingerprint density at radius 2 is 1.57 bits per heavy atom. The smallest absolute Gasteiger partial charge is 0.224 e. The van der Waals surface area contributed by atoms with Crippen molar-refractivity contribution in [2.45, 2.75) is 6.54 Å². The highest BCUT2D eigenvalue weighted by Gasteiger charge is 2.19. The highest BCUT2D eigenvalue weighted by molar-refractivity contribution is 5.45. The molecule has 0 N–H and O–H groups in total. The minimum Gasteiger partial charge on any atom is -0.493 e. The number of benzene rings is 2. The van der Waals surface area contributed by atoms with Gasteiger partial charge in [0.05, 0.1) is 7.11 Å². The van der Waals surface area contributed by atoms with E-state index >= 15 is 0 Å². The number of hydrogen-bond acceptors (Lipinski definition) is 6. The average Bonchev–Trinajstić information content (AvgIpc) is 2.76. The second-order valence-corrected chi connectivity index (χ2v) is 6.72. The molecule has 0 amide bonds. The van der Waals surface area contributed by atoms with Crippen molar-refractivity contribution in [1.82, 2.24) is 14.9 Å². The van der Waals surface area contributed by atoms with Crippen LogP contribution in [0.25, 0.3) is 0 Å². The van der Waals surface area contributed by atoms with Crippen LogP contribution in [0.1, 0.15) is 5.56 Å². The molecule has 4 rings (SSSR count). The molecule has 2 heterocycles. The summed E-state index contributed by atoms with van der Waals surface area (Å²) in [6.45, 7) is 4.85. The van der Waals surface area contributed by atoms with Crippen LogP contribution in [0.4, 0.5) is 5.82 Å². The number of methoxy groups -OCH3 is 1. The lowest BCUT2D eigenvalue weighted by Crippen LogP contribution is -2.46. The Morgan fingerprint density at radius 1 is 0.857 bits per heavy atom. The van der Waals surface area contributed by atoms with Crippen LogP contribution < -0.4 is 14.4 Å². The number of piperazine rings is 1. The lowest BCUT2D eigenvalue weighted by molar-refractivity contribution is 0.249. The van der Waals surface area contributed by atoms with Gasteiger partial charge in [0, 0.05) is 38.8 Å². The van der Waals surface area contributed by atoms with Crippen LogP contribution in [0, 0.1) is 0 Å². The van der Waals surface area contributed by atoms with Crippen molar-refractivity contribution in [3.63, 3.8) is 0 Å². The summed E-state index contributed by atoms with van der Waals surface area (Å²) in [6, 6.07) is 20.0. The SMILES string of the molecule is COc1ccccc1Oc1cc(N2CCN(Cc3ccccc3)CC2)ncn1. The fourth-order valence-electron chi connectivity index (χ4n) is 3.35. The van der Waals surface area contributed by atoms with Gasteiger partial charge in [-0.25, -0.2) is 9.97 Å². The van der Waals surface area contributed by atoms with E-state index in [-0.39, 0.29) is 0 Å². The third kappa shape index (κ3) is 4.40. The van der Waals surface area contributed by atoms with E-state index in [0.717, 1.165) is 38.5 Å². The molecular weight excluding hydrogens is 352 g/mol. The Balaban J connectivity index is 1.38. The molecule has 0 spiro atoms. The number of aromatic nitrogens is 2. The van der Waals surface area contributed by atoms with E-state index in [1.807, 2.05) is 30.3 Å². The third-order valence-electron chi connectivity index (χ3n) is 4.86. The zero-order chi connectivity index (χ0) is 19.2. The molecule has 6 nitrogen and oxygen atoms in total. The Morgan fingerprint density at radius 3 is 2.32 bits per heavy atom. The number of hydrogen-bond donors (Lipinski definition) is 0. The van der Waals surface area contributed by atoms with Gasteiger partial charge in [-0.15, -0.1) is 0 Å². The van der Waals surface area contributed by atoms with Gasteiger partial charge < -0.3 is 14.4 Å². The molecule has 0 atom stereocenters. The molecule has 0 unspecified atom stereocenters. The Hall–Kier alpha value is -3.12. The third-order valence-corrected chi connectivity index (χ3v) is 4.86. The molecule has 0 aliphatic carbocycles. The Bertz CT molecular complexity index is 896. The first-order valence-electron chi connectivity index (χ1n) is 9.46. The van der Waals surface area contributed by atoms with E-state index in [0.29, 0.717) is 17.4 Å². The van der Waals surface area contributed by atoms with E-state index in [1.165, 1.54) is 5.56 Å². The summed E-state index contributed by atoms with van der Waals surface area (Å²) in [5.41, 5.74) is 1.35. The summed E-state index contributed by atoms with van der Waals surface area (Å²) >= 11 is 0. The predicted octanol–water partition coefficient (Wildman–Crippen LogP) is 3.60. The summed E-state index contributed by atoms with van der Waals surface area (Å²) in [5.74, 6) is 2.72. The molecule has 1 aliphatic heterocycles. The van der Waals surface area contributed by atoms with E-state index in [2.05, 4.69) is 50.1 Å². The fraction of sp³-hybridized carbons (Fsp3) is 0.273. The van der Waals surface area contributed by atoms with E-state index in [1.54, 1.807) is 13.4 Å². The van der Waals surface area contributed by atoms with Crippen LogP contribution in [0.15, 0.2) is 67.0 Å². The van der Waals surface area contributed by atoms with Crippen molar-refractivity contribution in [1.29, 1.82) is 0 Å². The molecule has 0 radical (unpaired) electrons. The molecule has 1 aromatic heterocycles. The van der Waals surface area contributed by atoms with Crippen LogP contribution in [0.5, 0.6) is 17.4 Å². The molecule has 3 aromatic rings. The quantitative estimate of drug-likeness (QED) is 0.655. The Labute approximate surface area is 165 Å². The maximum atomic E-state index is 5.92. The monoisotopic (exact) mass is 376 g/mol. The van der Waals surface area contributed by atoms with Gasteiger partial charge in [-0.1, -0.05) is 42.5 Å². The normalized spacial score (nSPS) is 14.7. The van der Waals surface area contributed by atoms with Crippen molar-refractivity contribution in [3.8, 4) is 17.4 Å². The van der Waals surface area contributed by atoms with Crippen molar-refractivity contribution in [2.75, 3.05) is 38.2 Å². The van der Waals surface area contributed by atoms with Gasteiger partial charge in [-0.05, 0) is 17.7 Å². The zero-order valence-corrected chi connectivity index (χ0v) is 16.0. The van der Waals surface area contributed by atoms with Crippen LogP contribution in [0.2, 0.25) is 0 Å². The minimum absolute atomic E-state index is 0.515. The number of rotatable bonds is 6. The van der Waals surface area contributed by atoms with Gasteiger partial charge in [0.25, 0.3) is 0 Å². The summed E-state index contributed by atoms with van der Waals surface area (Å²) in [7, 11) is 1.63. The fourth-order valence-corrected chi connectivity index (χ4v) is 3.35. The molecule has 0 saturated carbocycles. The van der Waals surface area contributed by atoms with E-state index in [4.69, 9.17) is 9.47 Å². The van der Waals surface area contributed by atoms with Gasteiger partial charge in [0.2, 0.25) is 5.88 Å². The molecule has 1 saturated heterocycles. The van der Waals surface area contributed by atoms with Crippen molar-refractivity contribution < 1.29 is 9.47 Å². The minimum atomic E-state index is 0.515. The maximum absolute atomic E-state index is 5.92. The first-order valence-corrected chi connectivity index (χ1v) is 9.46. The van der Waals surface area contributed by atoms with Crippen molar-refractivity contribution in [2.24, 2.45) is 0 Å². The van der Waals surface area contributed by atoms with Crippen molar-refractivity contribution in [3.05, 3.63) is 72.6 Å². The van der Waals surface area contributed by atoms with Gasteiger partial charge in [-0.2, -0.15) is 0 Å². The largest absolute Gasteiger partial charge is 0.493 e. The molecule has 2 aromatic carbocycles. The summed E-state index contributed by atoms with van der Waals surface area (Å²) in [6.07, 6.45) is 1.55. The topological polar surface area (TPSA) is 50.7 Å². The standard InChI is InChI=1S/C22H24N4O2/c1-27-19-9-5-6-10-20(19)28-22-15-21(23-17-24-22)26-13-11-25(12-14-26)16-18-7-3-2-4-8-18/h2-10,15,17H,11-14,16H2,1H3. The summed E-state index contributed by atoms with van der Waals surface area (Å²) in [5, 5.41) is 0. The molecule has 1 aliphatic rings. The maximum Gasteiger partial charge on any atom is 0.224 e. The van der Waals surface area contributed by atoms with E-state index in [9.17, 15) is 0 Å². The van der Waals surface area contributed by atoms with E-state index < -0.39 is 0 Å². The number of ether oxygens (including phenoxy) is 2. The number of nitrogens with zero attached hydrogens (tertiary/aromatic N) is 4. The van der Waals surface area contributed by atoms with Gasteiger partial charge in [-0.3, -0.25) is 4.90 Å². The van der Waals surface area contributed by atoms with Gasteiger partial charge >= 0.3 is 0 Å². The van der Waals surface area contributed by atoms with Gasteiger partial charge in [0.15, 0.2) is 11.5 Å². The van der Waals surface area contributed by atoms with Crippen molar-refractivity contribution >= 4 is 5.82 Å². The molecule has 28 heavy (non-hydrogen) atoms. The highest BCUT2D eigenvalue weighted by atomic mass is 16.5. The average molecular weight is 376 g/mol. The molecular formula is C22H24N4O2. The second kappa shape index (κ2) is 8.71. The first-order chi connectivity index (χ1) is 13.8. The number of anilines is 1. The lowest BCUT2D eigenvalue weighted by atomic mass is 10.2. The van der Waals surface area contributed by atoms with Crippen LogP contribution in [-0.4, -0.2) is 48.2 Å². The zero-order valence-electron chi connectivity index (χ0n) is 16.0. The summed E-state index contributed by atoms with van der Waals surface area (Å²) < 4.78 is 11.3. The highest BCUT2D eigenvalue weighted by Crippen LogP contribution is 2.30. The number of para-hydroxylation sites is 2. The molecule has 0 bridgehead atoms.